The summed E-state index contributed by atoms with van der Waals surface area (Å²) in [5.41, 5.74) is 0.687. The molecule has 0 saturated heterocycles. The van der Waals surface area contributed by atoms with Crippen molar-refractivity contribution in [3.8, 4) is 11.5 Å². The van der Waals surface area contributed by atoms with Crippen molar-refractivity contribution in [1.29, 1.82) is 0 Å². The van der Waals surface area contributed by atoms with Gasteiger partial charge in [0.15, 0.2) is 0 Å². The molecular formula is C9H9Cl2N3OS. The molecule has 2 rings (SSSR count). The summed E-state index contributed by atoms with van der Waals surface area (Å²) >= 11 is 13.1. The zero-order valence-corrected chi connectivity index (χ0v) is 10.8. The van der Waals surface area contributed by atoms with Gasteiger partial charge in [-0.25, -0.2) is 0 Å². The molecule has 0 saturated carbocycles. The van der Waals surface area contributed by atoms with E-state index in [1.165, 1.54) is 11.3 Å². The molecule has 0 aliphatic rings. The van der Waals surface area contributed by atoms with E-state index in [1.807, 2.05) is 6.92 Å². The lowest BCUT2D eigenvalue weighted by Gasteiger charge is -1.93. The van der Waals surface area contributed by atoms with Crippen LogP contribution in [-0.2, 0) is 6.54 Å². The quantitative estimate of drug-likeness (QED) is 0.933. The zero-order chi connectivity index (χ0) is 11.5. The van der Waals surface area contributed by atoms with E-state index in [-0.39, 0.29) is 0 Å². The molecule has 86 valence electrons. The van der Waals surface area contributed by atoms with Gasteiger partial charge in [-0.1, -0.05) is 30.1 Å². The van der Waals surface area contributed by atoms with Gasteiger partial charge < -0.3 is 9.73 Å². The van der Waals surface area contributed by atoms with E-state index in [0.29, 0.717) is 32.6 Å². The van der Waals surface area contributed by atoms with Crippen molar-refractivity contribution in [3.05, 3.63) is 20.6 Å². The maximum absolute atomic E-state index is 5.98. The molecule has 4 nitrogen and oxygen atoms in total. The van der Waals surface area contributed by atoms with Gasteiger partial charge in [0.2, 0.25) is 11.8 Å². The fourth-order valence-corrected chi connectivity index (χ4v) is 2.60. The first-order valence-electron chi connectivity index (χ1n) is 4.69. The van der Waals surface area contributed by atoms with E-state index < -0.39 is 0 Å². The number of nitrogens with zero attached hydrogens (tertiary/aromatic N) is 2. The number of hydrogen-bond donors (Lipinski definition) is 1. The molecule has 0 aliphatic carbocycles. The van der Waals surface area contributed by atoms with Crippen molar-refractivity contribution < 1.29 is 4.42 Å². The highest BCUT2D eigenvalue weighted by Crippen LogP contribution is 2.37. The minimum absolute atomic E-state index is 0.404. The fraction of sp³-hybridized carbons (Fsp3) is 0.333. The first-order chi connectivity index (χ1) is 7.70. The summed E-state index contributed by atoms with van der Waals surface area (Å²) in [6.07, 6.45) is 0. The molecule has 0 aliphatic heterocycles. The molecule has 0 amide bonds. The van der Waals surface area contributed by atoms with E-state index in [4.69, 9.17) is 27.6 Å². The third kappa shape index (κ3) is 2.55. The van der Waals surface area contributed by atoms with Crippen LogP contribution in [0, 0.1) is 0 Å². The lowest BCUT2D eigenvalue weighted by Crippen LogP contribution is -2.11. The van der Waals surface area contributed by atoms with Crippen LogP contribution < -0.4 is 5.32 Å². The Balaban J connectivity index is 2.21. The number of rotatable bonds is 4. The standard InChI is InChI=1S/C9H9Cl2N3OS/c1-2-12-4-7-13-14-9(15-7)5-3-6(10)16-8(5)11/h3,12H,2,4H2,1H3. The lowest BCUT2D eigenvalue weighted by atomic mass is 10.3. The molecule has 16 heavy (non-hydrogen) atoms. The molecule has 0 unspecified atom stereocenters. The predicted molar refractivity (Wildman–Crippen MR) is 65.0 cm³/mol. The van der Waals surface area contributed by atoms with Crippen LogP contribution >= 0.6 is 34.5 Å². The van der Waals surface area contributed by atoms with Gasteiger partial charge in [0.05, 0.1) is 16.4 Å². The highest BCUT2D eigenvalue weighted by molar-refractivity contribution is 7.20. The highest BCUT2D eigenvalue weighted by Gasteiger charge is 2.14. The minimum atomic E-state index is 0.404. The summed E-state index contributed by atoms with van der Waals surface area (Å²) in [6, 6.07) is 1.72. The molecule has 7 heteroatoms. The maximum Gasteiger partial charge on any atom is 0.250 e. The molecule has 1 N–H and O–H groups in total. The Hall–Kier alpha value is -0.620. The van der Waals surface area contributed by atoms with Crippen LogP contribution in [0.5, 0.6) is 0 Å². The first kappa shape index (κ1) is 11.9. The molecule has 0 atom stereocenters. The minimum Gasteiger partial charge on any atom is -0.419 e. The van der Waals surface area contributed by atoms with Crippen molar-refractivity contribution >= 4 is 34.5 Å². The molecule has 0 spiro atoms. The van der Waals surface area contributed by atoms with E-state index >= 15 is 0 Å². The van der Waals surface area contributed by atoms with Crippen LogP contribution in [0.2, 0.25) is 8.67 Å². The van der Waals surface area contributed by atoms with Crippen LogP contribution in [0.25, 0.3) is 11.5 Å². The van der Waals surface area contributed by atoms with Gasteiger partial charge >= 0.3 is 0 Å². The molecular weight excluding hydrogens is 269 g/mol. The average Bonchev–Trinajstić information content (AvgIpc) is 2.82. The average molecular weight is 278 g/mol. The monoisotopic (exact) mass is 277 g/mol. The van der Waals surface area contributed by atoms with Crippen LogP contribution in [0.3, 0.4) is 0 Å². The Bertz CT molecular complexity index is 483. The van der Waals surface area contributed by atoms with Gasteiger partial charge in [-0.3, -0.25) is 0 Å². The van der Waals surface area contributed by atoms with Crippen molar-refractivity contribution in [3.63, 3.8) is 0 Å². The van der Waals surface area contributed by atoms with E-state index in [2.05, 4.69) is 15.5 Å². The number of aromatic nitrogens is 2. The molecule has 0 fully saturated rings. The van der Waals surface area contributed by atoms with Gasteiger partial charge in [0.25, 0.3) is 0 Å². The Kier molecular flexibility index (Phi) is 3.81. The number of thiophene rings is 1. The molecule has 0 aromatic carbocycles. The van der Waals surface area contributed by atoms with E-state index in [9.17, 15) is 0 Å². The topological polar surface area (TPSA) is 51.0 Å². The van der Waals surface area contributed by atoms with Gasteiger partial charge in [-0.15, -0.1) is 21.5 Å². The van der Waals surface area contributed by atoms with Crippen LogP contribution in [-0.4, -0.2) is 16.7 Å². The lowest BCUT2D eigenvalue weighted by molar-refractivity contribution is 0.482. The number of nitrogens with one attached hydrogen (secondary N) is 1. The first-order valence-corrected chi connectivity index (χ1v) is 6.26. The van der Waals surface area contributed by atoms with Crippen molar-refractivity contribution in [2.75, 3.05) is 6.54 Å². The third-order valence-corrected chi connectivity index (χ3v) is 3.37. The Morgan fingerprint density at radius 2 is 2.25 bits per heavy atom. The maximum atomic E-state index is 5.98. The van der Waals surface area contributed by atoms with Gasteiger partial charge in [-0.2, -0.15) is 0 Å². The molecule has 2 aromatic rings. The highest BCUT2D eigenvalue weighted by atomic mass is 35.5. The summed E-state index contributed by atoms with van der Waals surface area (Å²) in [5.74, 6) is 0.941. The summed E-state index contributed by atoms with van der Waals surface area (Å²) < 4.78 is 6.61. The Morgan fingerprint density at radius 1 is 1.44 bits per heavy atom. The third-order valence-electron chi connectivity index (χ3n) is 1.88. The Morgan fingerprint density at radius 3 is 2.88 bits per heavy atom. The normalized spacial score (nSPS) is 10.9. The second kappa shape index (κ2) is 5.14. The van der Waals surface area contributed by atoms with Crippen molar-refractivity contribution in [2.45, 2.75) is 13.5 Å². The number of halogens is 2. The van der Waals surface area contributed by atoms with Gasteiger partial charge in [-0.05, 0) is 12.6 Å². The van der Waals surface area contributed by atoms with Crippen molar-refractivity contribution in [1.82, 2.24) is 15.5 Å². The largest absolute Gasteiger partial charge is 0.419 e. The second-order valence-electron chi connectivity index (χ2n) is 3.02. The van der Waals surface area contributed by atoms with Crippen LogP contribution in [0.4, 0.5) is 0 Å². The Labute approximate surface area is 107 Å². The van der Waals surface area contributed by atoms with Crippen LogP contribution in [0.15, 0.2) is 10.5 Å². The number of hydrogen-bond acceptors (Lipinski definition) is 5. The van der Waals surface area contributed by atoms with E-state index in [0.717, 1.165) is 6.54 Å². The fourth-order valence-electron chi connectivity index (χ4n) is 1.15. The SMILES string of the molecule is CCNCc1nnc(-c2cc(Cl)sc2Cl)o1. The molecule has 2 heterocycles. The molecule has 0 bridgehead atoms. The van der Waals surface area contributed by atoms with E-state index in [1.54, 1.807) is 6.07 Å². The van der Waals surface area contributed by atoms with Crippen LogP contribution in [0.1, 0.15) is 12.8 Å². The van der Waals surface area contributed by atoms with Crippen molar-refractivity contribution in [2.24, 2.45) is 0 Å². The van der Waals surface area contributed by atoms with Gasteiger partial charge in [0.1, 0.15) is 4.34 Å². The summed E-state index contributed by atoms with van der Waals surface area (Å²) in [5, 5.41) is 10.9. The zero-order valence-electron chi connectivity index (χ0n) is 8.46. The summed E-state index contributed by atoms with van der Waals surface area (Å²) in [4.78, 5) is 0. The van der Waals surface area contributed by atoms with Gasteiger partial charge in [0, 0.05) is 0 Å². The summed E-state index contributed by atoms with van der Waals surface area (Å²) in [7, 11) is 0. The second-order valence-corrected chi connectivity index (χ2v) is 5.30. The smallest absolute Gasteiger partial charge is 0.250 e. The molecule has 0 radical (unpaired) electrons. The predicted octanol–water partition coefficient (Wildman–Crippen LogP) is 3.21. The summed E-state index contributed by atoms with van der Waals surface area (Å²) in [6.45, 7) is 3.41. The molecule has 2 aromatic heterocycles.